The van der Waals surface area contributed by atoms with Crippen molar-refractivity contribution in [3.8, 4) is 0 Å². The minimum atomic E-state index is -3.07. The molecule has 2 atom stereocenters. The van der Waals surface area contributed by atoms with E-state index >= 15 is 0 Å². The number of amides is 1. The third-order valence-electron chi connectivity index (χ3n) is 4.69. The lowest BCUT2D eigenvalue weighted by Crippen LogP contribution is -2.26. The summed E-state index contributed by atoms with van der Waals surface area (Å²) in [5, 5.41) is 2.77. The van der Waals surface area contributed by atoms with Gasteiger partial charge in [0, 0.05) is 17.7 Å². The standard InChI is InChI=1S/C21H23NO5S/c1-15-7-9-18(10-8-15)22-21(24)20(17-5-3-2-4-6-17)27-19(23)13-16-11-12-28(25,26)14-16/h2-10,16,20H,11-14H2,1H3,(H,22,24)/t16-,20-/m1/s1. The molecule has 1 fully saturated rings. The Kier molecular flexibility index (Phi) is 6.14. The third kappa shape index (κ3) is 5.42. The van der Waals surface area contributed by atoms with Crippen LogP contribution in [0, 0.1) is 12.8 Å². The Hall–Kier alpha value is -2.67. The van der Waals surface area contributed by atoms with Crippen molar-refractivity contribution < 1.29 is 22.7 Å². The first kappa shape index (κ1) is 20.1. The molecular formula is C21H23NO5S. The Balaban J connectivity index is 1.71. The maximum Gasteiger partial charge on any atom is 0.307 e. The molecule has 1 saturated heterocycles. The average Bonchev–Trinajstić information content (AvgIpc) is 3.00. The number of sulfone groups is 1. The van der Waals surface area contributed by atoms with Gasteiger partial charge in [-0.1, -0.05) is 48.0 Å². The highest BCUT2D eigenvalue weighted by atomic mass is 32.2. The molecule has 7 heteroatoms. The van der Waals surface area contributed by atoms with Crippen LogP contribution < -0.4 is 5.32 Å². The second-order valence-corrected chi connectivity index (χ2v) is 9.34. The number of hydrogen-bond acceptors (Lipinski definition) is 5. The first-order valence-corrected chi connectivity index (χ1v) is 11.0. The molecule has 2 aromatic carbocycles. The van der Waals surface area contributed by atoms with Crippen molar-refractivity contribution in [2.75, 3.05) is 16.8 Å². The normalized spacial score (nSPS) is 19.0. The fourth-order valence-electron chi connectivity index (χ4n) is 3.19. The van der Waals surface area contributed by atoms with E-state index in [9.17, 15) is 18.0 Å². The van der Waals surface area contributed by atoms with E-state index in [1.807, 2.05) is 25.1 Å². The predicted molar refractivity (Wildman–Crippen MR) is 106 cm³/mol. The van der Waals surface area contributed by atoms with Gasteiger partial charge in [0.05, 0.1) is 11.5 Å². The van der Waals surface area contributed by atoms with Crippen LogP contribution in [0.1, 0.15) is 30.1 Å². The molecule has 0 unspecified atom stereocenters. The van der Waals surface area contributed by atoms with E-state index in [0.717, 1.165) is 5.56 Å². The summed E-state index contributed by atoms with van der Waals surface area (Å²) in [4.78, 5) is 25.2. The molecule has 0 radical (unpaired) electrons. The maximum atomic E-state index is 12.8. The first-order valence-electron chi connectivity index (χ1n) is 9.15. The summed E-state index contributed by atoms with van der Waals surface area (Å²) in [6.45, 7) is 1.95. The van der Waals surface area contributed by atoms with Crippen molar-refractivity contribution in [1.29, 1.82) is 0 Å². The number of benzene rings is 2. The molecule has 0 aromatic heterocycles. The minimum Gasteiger partial charge on any atom is -0.447 e. The quantitative estimate of drug-likeness (QED) is 0.752. The molecule has 1 aliphatic rings. The topological polar surface area (TPSA) is 89.5 Å². The molecular weight excluding hydrogens is 378 g/mol. The number of aryl methyl sites for hydroxylation is 1. The van der Waals surface area contributed by atoms with Gasteiger partial charge in [-0.05, 0) is 31.4 Å². The summed E-state index contributed by atoms with van der Waals surface area (Å²) in [6, 6.07) is 16.1. The van der Waals surface area contributed by atoms with E-state index in [1.54, 1.807) is 36.4 Å². The lowest BCUT2D eigenvalue weighted by Gasteiger charge is -2.19. The Morgan fingerprint density at radius 1 is 1.11 bits per heavy atom. The summed E-state index contributed by atoms with van der Waals surface area (Å²) in [7, 11) is -3.07. The lowest BCUT2D eigenvalue weighted by atomic mass is 10.1. The van der Waals surface area contributed by atoms with Gasteiger partial charge in [-0.3, -0.25) is 9.59 Å². The Labute approximate surface area is 164 Å². The van der Waals surface area contributed by atoms with Crippen LogP contribution in [0.2, 0.25) is 0 Å². The van der Waals surface area contributed by atoms with Crippen LogP contribution in [0.3, 0.4) is 0 Å². The summed E-state index contributed by atoms with van der Waals surface area (Å²) in [5.74, 6) is -1.19. The number of ether oxygens (including phenoxy) is 1. The van der Waals surface area contributed by atoms with Gasteiger partial charge in [0.25, 0.3) is 5.91 Å². The zero-order chi connectivity index (χ0) is 20.1. The number of nitrogens with one attached hydrogen (secondary N) is 1. The molecule has 0 spiro atoms. The van der Waals surface area contributed by atoms with Crippen LogP contribution >= 0.6 is 0 Å². The molecule has 1 aliphatic heterocycles. The van der Waals surface area contributed by atoms with E-state index in [1.165, 1.54) is 0 Å². The summed E-state index contributed by atoms with van der Waals surface area (Å²) in [6.07, 6.45) is -0.670. The SMILES string of the molecule is Cc1ccc(NC(=O)[C@H](OC(=O)C[C@H]2CCS(=O)(=O)C2)c2ccccc2)cc1. The number of esters is 1. The van der Waals surface area contributed by atoms with Crippen LogP contribution in [0.4, 0.5) is 5.69 Å². The van der Waals surface area contributed by atoms with Crippen LogP contribution in [-0.4, -0.2) is 31.8 Å². The first-order chi connectivity index (χ1) is 13.3. The largest absolute Gasteiger partial charge is 0.447 e. The second kappa shape index (κ2) is 8.56. The number of carbonyl (C=O) groups is 2. The predicted octanol–water partition coefficient (Wildman–Crippen LogP) is 3.04. The Bertz CT molecular complexity index is 939. The van der Waals surface area contributed by atoms with Crippen LogP contribution in [0.25, 0.3) is 0 Å². The van der Waals surface area contributed by atoms with Gasteiger partial charge < -0.3 is 10.1 Å². The number of hydrogen-bond donors (Lipinski definition) is 1. The van der Waals surface area contributed by atoms with Gasteiger partial charge in [0.1, 0.15) is 0 Å². The highest BCUT2D eigenvalue weighted by Gasteiger charge is 2.32. The van der Waals surface area contributed by atoms with E-state index in [0.29, 0.717) is 17.7 Å². The number of rotatable bonds is 6. The fourth-order valence-corrected chi connectivity index (χ4v) is 5.06. The van der Waals surface area contributed by atoms with E-state index in [4.69, 9.17) is 4.74 Å². The molecule has 148 valence electrons. The number of anilines is 1. The molecule has 6 nitrogen and oxygen atoms in total. The van der Waals surface area contributed by atoms with Crippen LogP contribution in [0.5, 0.6) is 0 Å². The minimum absolute atomic E-state index is 0.00628. The maximum absolute atomic E-state index is 12.8. The van der Waals surface area contributed by atoms with E-state index < -0.39 is 27.8 Å². The van der Waals surface area contributed by atoms with Gasteiger partial charge in [0.15, 0.2) is 9.84 Å². The van der Waals surface area contributed by atoms with Gasteiger partial charge >= 0.3 is 5.97 Å². The molecule has 0 bridgehead atoms. The zero-order valence-electron chi connectivity index (χ0n) is 15.6. The molecule has 1 heterocycles. The fraction of sp³-hybridized carbons (Fsp3) is 0.333. The monoisotopic (exact) mass is 401 g/mol. The zero-order valence-corrected chi connectivity index (χ0v) is 16.4. The summed E-state index contributed by atoms with van der Waals surface area (Å²) >= 11 is 0. The third-order valence-corrected chi connectivity index (χ3v) is 6.53. The van der Waals surface area contributed by atoms with Gasteiger partial charge in [0.2, 0.25) is 6.10 Å². The van der Waals surface area contributed by atoms with Crippen molar-refractivity contribution >= 4 is 27.4 Å². The molecule has 0 saturated carbocycles. The Morgan fingerprint density at radius 2 is 1.79 bits per heavy atom. The molecule has 2 aromatic rings. The van der Waals surface area contributed by atoms with Crippen LogP contribution in [0.15, 0.2) is 54.6 Å². The smallest absolute Gasteiger partial charge is 0.307 e. The molecule has 1 N–H and O–H groups in total. The van der Waals surface area contributed by atoms with E-state index in [2.05, 4.69) is 5.32 Å². The molecule has 28 heavy (non-hydrogen) atoms. The van der Waals surface area contributed by atoms with E-state index in [-0.39, 0.29) is 23.8 Å². The van der Waals surface area contributed by atoms with Crippen molar-refractivity contribution in [2.45, 2.75) is 25.9 Å². The van der Waals surface area contributed by atoms with Crippen molar-refractivity contribution in [3.63, 3.8) is 0 Å². The summed E-state index contributed by atoms with van der Waals surface area (Å²) < 4.78 is 28.6. The highest BCUT2D eigenvalue weighted by molar-refractivity contribution is 7.91. The van der Waals surface area contributed by atoms with Gasteiger partial charge in [-0.15, -0.1) is 0 Å². The summed E-state index contributed by atoms with van der Waals surface area (Å²) in [5.41, 5.74) is 2.23. The van der Waals surface area contributed by atoms with Gasteiger partial charge in [-0.2, -0.15) is 0 Å². The van der Waals surface area contributed by atoms with Crippen molar-refractivity contribution in [2.24, 2.45) is 5.92 Å². The molecule has 0 aliphatic carbocycles. The molecule has 3 rings (SSSR count). The van der Waals surface area contributed by atoms with Gasteiger partial charge in [-0.25, -0.2) is 8.42 Å². The second-order valence-electron chi connectivity index (χ2n) is 7.11. The average molecular weight is 401 g/mol. The van der Waals surface area contributed by atoms with Crippen molar-refractivity contribution in [3.05, 3.63) is 65.7 Å². The highest BCUT2D eigenvalue weighted by Crippen LogP contribution is 2.25. The Morgan fingerprint density at radius 3 is 2.39 bits per heavy atom. The lowest BCUT2D eigenvalue weighted by molar-refractivity contribution is -0.155. The van der Waals surface area contributed by atoms with Crippen molar-refractivity contribution in [1.82, 2.24) is 0 Å². The van der Waals surface area contributed by atoms with Crippen LogP contribution in [-0.2, 0) is 24.2 Å². The number of carbonyl (C=O) groups excluding carboxylic acids is 2. The molecule has 1 amide bonds.